The predicted molar refractivity (Wildman–Crippen MR) is 132 cm³/mol. The average molecular weight is 494 g/mol. The summed E-state index contributed by atoms with van der Waals surface area (Å²) in [5.74, 6) is -0.403. The molecule has 3 heterocycles. The lowest BCUT2D eigenvalue weighted by Crippen LogP contribution is -2.52. The number of imide groups is 1. The first-order valence-corrected chi connectivity index (χ1v) is 12.8. The number of nitrogens with zero attached hydrogens (tertiary/aromatic N) is 2. The maximum absolute atomic E-state index is 14.6. The third-order valence-electron chi connectivity index (χ3n) is 7.80. The molecule has 2 fully saturated rings. The average Bonchev–Trinajstić information content (AvgIpc) is 3.20. The van der Waals surface area contributed by atoms with Gasteiger partial charge in [0.1, 0.15) is 17.6 Å². The minimum absolute atomic E-state index is 0.175. The minimum atomic E-state index is -0.691. The highest BCUT2D eigenvalue weighted by Crippen LogP contribution is 2.37. The van der Waals surface area contributed by atoms with Crippen molar-refractivity contribution >= 4 is 17.7 Å². The number of benzene rings is 2. The number of nitrogens with one attached hydrogen (secondary N) is 1. The Morgan fingerprint density at radius 3 is 2.61 bits per heavy atom. The Balaban J connectivity index is 1.22. The van der Waals surface area contributed by atoms with Crippen LogP contribution in [-0.4, -0.2) is 60.3 Å². The van der Waals surface area contributed by atoms with Gasteiger partial charge in [0.15, 0.2) is 0 Å². The molecule has 0 aliphatic carbocycles. The molecule has 36 heavy (non-hydrogen) atoms. The number of hydrogen-bond acceptors (Lipinski definition) is 5. The summed E-state index contributed by atoms with van der Waals surface area (Å²) >= 11 is 0. The number of ether oxygens (including phenoxy) is 1. The highest BCUT2D eigenvalue weighted by atomic mass is 19.1. The summed E-state index contributed by atoms with van der Waals surface area (Å²) in [6.45, 7) is 3.13. The van der Waals surface area contributed by atoms with Gasteiger partial charge in [-0.15, -0.1) is 0 Å². The van der Waals surface area contributed by atoms with Gasteiger partial charge in [-0.3, -0.25) is 19.7 Å². The second kappa shape index (κ2) is 10.4. The lowest BCUT2D eigenvalue weighted by molar-refractivity contribution is -0.136. The molecular weight excluding hydrogens is 461 g/mol. The number of piperidine rings is 2. The quantitative estimate of drug-likeness (QED) is 0.598. The van der Waals surface area contributed by atoms with Gasteiger partial charge < -0.3 is 14.5 Å². The van der Waals surface area contributed by atoms with Crippen molar-refractivity contribution in [2.24, 2.45) is 0 Å². The number of hydrogen-bond donors (Lipinski definition) is 1. The zero-order valence-corrected chi connectivity index (χ0v) is 20.6. The van der Waals surface area contributed by atoms with Crippen LogP contribution in [0.2, 0.25) is 0 Å². The maximum atomic E-state index is 14.6. The molecule has 0 radical (unpaired) electrons. The van der Waals surface area contributed by atoms with E-state index in [0.29, 0.717) is 12.0 Å². The van der Waals surface area contributed by atoms with E-state index >= 15 is 0 Å². The molecule has 3 aliphatic heterocycles. The third kappa shape index (κ3) is 4.87. The number of rotatable bonds is 7. The summed E-state index contributed by atoms with van der Waals surface area (Å²) in [5.41, 5.74) is 3.30. The molecule has 1 N–H and O–H groups in total. The summed E-state index contributed by atoms with van der Waals surface area (Å²) in [7, 11) is 1.70. The first-order chi connectivity index (χ1) is 17.4. The number of fused-ring (bicyclic) bond motifs is 1. The van der Waals surface area contributed by atoms with Crippen LogP contribution in [-0.2, 0) is 22.6 Å². The van der Waals surface area contributed by atoms with Gasteiger partial charge >= 0.3 is 0 Å². The predicted octanol–water partition coefficient (Wildman–Crippen LogP) is 3.41. The molecule has 0 saturated carbocycles. The van der Waals surface area contributed by atoms with Gasteiger partial charge in [0.05, 0.1) is 7.11 Å². The topological polar surface area (TPSA) is 79.0 Å². The highest BCUT2D eigenvalue weighted by molar-refractivity contribution is 6.05. The zero-order chi connectivity index (χ0) is 25.2. The monoisotopic (exact) mass is 493 g/mol. The van der Waals surface area contributed by atoms with Crippen molar-refractivity contribution in [2.75, 3.05) is 26.7 Å². The van der Waals surface area contributed by atoms with Crippen molar-refractivity contribution in [2.45, 2.75) is 57.0 Å². The lowest BCUT2D eigenvalue weighted by Gasteiger charge is -2.33. The Morgan fingerprint density at radius 1 is 1.08 bits per heavy atom. The summed E-state index contributed by atoms with van der Waals surface area (Å²) in [6.07, 6.45) is 4.30. The molecule has 2 saturated heterocycles. The van der Waals surface area contributed by atoms with Gasteiger partial charge in [0.2, 0.25) is 11.8 Å². The van der Waals surface area contributed by atoms with Crippen molar-refractivity contribution in [1.82, 2.24) is 15.1 Å². The number of methoxy groups -OCH3 is 1. The fraction of sp³-hybridized carbons (Fsp3) is 0.464. The van der Waals surface area contributed by atoms with Crippen molar-refractivity contribution in [3.63, 3.8) is 0 Å². The van der Waals surface area contributed by atoms with Crippen LogP contribution < -0.4 is 10.1 Å². The number of carbonyl (C=O) groups excluding carboxylic acids is 3. The van der Waals surface area contributed by atoms with Gasteiger partial charge in [0.25, 0.3) is 5.91 Å². The molecule has 3 amide bonds. The van der Waals surface area contributed by atoms with Crippen LogP contribution in [0.4, 0.5) is 4.39 Å². The normalized spacial score (nSPS) is 21.0. The first-order valence-electron chi connectivity index (χ1n) is 12.8. The lowest BCUT2D eigenvalue weighted by atomic mass is 9.85. The number of halogens is 1. The molecule has 1 unspecified atom stereocenters. The van der Waals surface area contributed by atoms with Gasteiger partial charge in [-0.1, -0.05) is 18.2 Å². The first kappa shape index (κ1) is 24.4. The van der Waals surface area contributed by atoms with Crippen LogP contribution >= 0.6 is 0 Å². The van der Waals surface area contributed by atoms with Gasteiger partial charge in [0, 0.05) is 18.5 Å². The van der Waals surface area contributed by atoms with Crippen molar-refractivity contribution < 1.29 is 23.5 Å². The van der Waals surface area contributed by atoms with Crippen molar-refractivity contribution in [3.05, 3.63) is 64.5 Å². The van der Waals surface area contributed by atoms with E-state index in [2.05, 4.69) is 16.3 Å². The van der Waals surface area contributed by atoms with E-state index < -0.39 is 17.8 Å². The summed E-state index contributed by atoms with van der Waals surface area (Å²) in [6, 6.07) is 10.3. The van der Waals surface area contributed by atoms with E-state index in [1.807, 2.05) is 18.2 Å². The Hall–Kier alpha value is -3.26. The van der Waals surface area contributed by atoms with Gasteiger partial charge in [-0.05, 0) is 92.5 Å². The number of para-hydroxylation sites is 1. The van der Waals surface area contributed by atoms with Crippen LogP contribution in [0.1, 0.15) is 65.1 Å². The third-order valence-corrected chi connectivity index (χ3v) is 7.80. The van der Waals surface area contributed by atoms with Crippen LogP contribution in [0.15, 0.2) is 36.4 Å². The van der Waals surface area contributed by atoms with Gasteiger partial charge in [-0.2, -0.15) is 0 Å². The maximum Gasteiger partial charge on any atom is 0.255 e. The second-order valence-corrected chi connectivity index (χ2v) is 9.95. The molecule has 8 heteroatoms. The minimum Gasteiger partial charge on any atom is -0.496 e. The SMILES string of the molecule is COc1ccccc1CCCN1CCC(c2cc(F)cc3c2CN(C2CCC(=O)NC2=O)C3=O)CC1. The zero-order valence-electron chi connectivity index (χ0n) is 20.6. The van der Waals surface area contributed by atoms with E-state index in [1.54, 1.807) is 13.2 Å². The largest absolute Gasteiger partial charge is 0.496 e. The number of carbonyl (C=O) groups is 3. The number of amides is 3. The molecular formula is C28H32FN3O4. The van der Waals surface area contributed by atoms with Gasteiger partial charge in [-0.25, -0.2) is 4.39 Å². The Labute approximate surface area is 210 Å². The molecule has 1 atom stereocenters. The Morgan fingerprint density at radius 2 is 1.86 bits per heavy atom. The number of aryl methyl sites for hydroxylation is 1. The fourth-order valence-electron chi connectivity index (χ4n) is 5.89. The van der Waals surface area contributed by atoms with Crippen molar-refractivity contribution in [3.8, 4) is 5.75 Å². The molecule has 3 aliphatic rings. The molecule has 5 rings (SSSR count). The van der Waals surface area contributed by atoms with E-state index in [-0.39, 0.29) is 30.7 Å². The van der Waals surface area contributed by atoms with E-state index in [0.717, 1.165) is 62.2 Å². The summed E-state index contributed by atoms with van der Waals surface area (Å²) in [5, 5.41) is 2.32. The standard InChI is InChI=1S/C28H32FN3O4/c1-36-25-7-3-2-5-19(25)6-4-12-31-13-10-18(11-14-31)21-15-20(29)16-22-23(21)17-32(28(22)35)24-8-9-26(33)30-27(24)34/h2-3,5,7,15-16,18,24H,4,6,8-14,17H2,1H3,(H,30,33,34). The molecule has 190 valence electrons. The molecule has 0 bridgehead atoms. The number of likely N-dealkylation sites (tertiary alicyclic amines) is 1. The summed E-state index contributed by atoms with van der Waals surface area (Å²) in [4.78, 5) is 41.0. The second-order valence-electron chi connectivity index (χ2n) is 9.95. The van der Waals surface area contributed by atoms with Crippen LogP contribution in [0, 0.1) is 5.82 Å². The van der Waals surface area contributed by atoms with Crippen LogP contribution in [0.25, 0.3) is 0 Å². The fourth-order valence-corrected chi connectivity index (χ4v) is 5.89. The van der Waals surface area contributed by atoms with E-state index in [4.69, 9.17) is 4.74 Å². The van der Waals surface area contributed by atoms with Crippen LogP contribution in [0.3, 0.4) is 0 Å². The van der Waals surface area contributed by atoms with E-state index in [1.165, 1.54) is 16.5 Å². The molecule has 2 aromatic carbocycles. The highest BCUT2D eigenvalue weighted by Gasteiger charge is 2.41. The molecule has 2 aromatic rings. The summed E-state index contributed by atoms with van der Waals surface area (Å²) < 4.78 is 20.1. The van der Waals surface area contributed by atoms with Crippen molar-refractivity contribution in [1.29, 1.82) is 0 Å². The molecule has 0 spiro atoms. The Bertz CT molecular complexity index is 1180. The Kier molecular flexibility index (Phi) is 7.05. The van der Waals surface area contributed by atoms with Crippen LogP contribution in [0.5, 0.6) is 5.75 Å². The smallest absolute Gasteiger partial charge is 0.255 e. The van der Waals surface area contributed by atoms with E-state index in [9.17, 15) is 18.8 Å². The molecule has 0 aromatic heterocycles. The molecule has 7 nitrogen and oxygen atoms in total.